The van der Waals surface area contributed by atoms with Gasteiger partial charge in [-0.15, -0.1) is 0 Å². The third-order valence-corrected chi connectivity index (χ3v) is 4.52. The molecule has 8 heteroatoms. The molecule has 0 aliphatic carbocycles. The number of hydrogen-bond donors (Lipinski definition) is 2. The van der Waals surface area contributed by atoms with Crippen LogP contribution in [-0.2, 0) is 4.74 Å². The molecule has 2 aromatic heterocycles. The second-order valence-electron chi connectivity index (χ2n) is 6.51. The Morgan fingerprint density at radius 2 is 2.00 bits per heavy atom. The number of nitrogens with one attached hydrogen (secondary N) is 2. The van der Waals surface area contributed by atoms with Crippen LogP contribution in [0.1, 0.15) is 27.9 Å². The molecule has 0 saturated heterocycles. The molecule has 0 bridgehead atoms. The number of esters is 1. The van der Waals surface area contributed by atoms with Gasteiger partial charge in [0.15, 0.2) is 5.69 Å². The molecule has 152 valence electrons. The maximum absolute atomic E-state index is 12.7. The van der Waals surface area contributed by atoms with E-state index in [0.717, 1.165) is 10.9 Å². The molecule has 0 fully saturated rings. The highest BCUT2D eigenvalue weighted by molar-refractivity contribution is 6.06. The summed E-state index contributed by atoms with van der Waals surface area (Å²) in [7, 11) is 1.60. The number of hydrogen-bond acceptors (Lipinski definition) is 5. The fraction of sp³-hybridized carbons (Fsp3) is 0.136. The molecule has 2 heterocycles. The summed E-state index contributed by atoms with van der Waals surface area (Å²) in [6, 6.07) is 16.1. The molecule has 1 amide bonds. The Balaban J connectivity index is 1.53. The molecule has 8 nitrogen and oxygen atoms in total. The number of rotatable bonds is 6. The van der Waals surface area contributed by atoms with Crippen LogP contribution in [0.15, 0.2) is 60.8 Å². The highest BCUT2D eigenvalue weighted by Crippen LogP contribution is 2.22. The van der Waals surface area contributed by atoms with Gasteiger partial charge in [0.2, 0.25) is 0 Å². The van der Waals surface area contributed by atoms with E-state index in [0.29, 0.717) is 22.8 Å². The summed E-state index contributed by atoms with van der Waals surface area (Å²) in [5.41, 5.74) is 2.77. The minimum Gasteiger partial charge on any atom is -0.497 e. The summed E-state index contributed by atoms with van der Waals surface area (Å²) in [6.45, 7) is 2.03. The average molecular weight is 404 g/mol. The first-order valence-corrected chi connectivity index (χ1v) is 9.38. The van der Waals surface area contributed by atoms with Gasteiger partial charge in [0.1, 0.15) is 11.4 Å². The van der Waals surface area contributed by atoms with Crippen molar-refractivity contribution in [2.75, 3.05) is 19.0 Å². The summed E-state index contributed by atoms with van der Waals surface area (Å²) in [5.74, 6) is -0.0310. The van der Waals surface area contributed by atoms with E-state index in [1.807, 2.05) is 24.3 Å². The van der Waals surface area contributed by atoms with Crippen molar-refractivity contribution in [3.63, 3.8) is 0 Å². The molecule has 0 atom stereocenters. The van der Waals surface area contributed by atoms with Gasteiger partial charge in [0, 0.05) is 28.9 Å². The second-order valence-corrected chi connectivity index (χ2v) is 6.51. The number of fused-ring (bicyclic) bond motifs is 1. The third-order valence-electron chi connectivity index (χ3n) is 4.52. The van der Waals surface area contributed by atoms with Gasteiger partial charge in [0.05, 0.1) is 19.4 Å². The van der Waals surface area contributed by atoms with Crippen molar-refractivity contribution in [3.05, 3.63) is 72.2 Å². The van der Waals surface area contributed by atoms with Gasteiger partial charge in [-0.2, -0.15) is 5.10 Å². The van der Waals surface area contributed by atoms with Gasteiger partial charge in [-0.25, -0.2) is 9.48 Å². The first-order chi connectivity index (χ1) is 14.6. The Morgan fingerprint density at radius 1 is 1.13 bits per heavy atom. The summed E-state index contributed by atoms with van der Waals surface area (Å²) in [5, 5.41) is 8.02. The Bertz CT molecular complexity index is 1220. The number of benzene rings is 2. The fourth-order valence-corrected chi connectivity index (χ4v) is 3.06. The molecule has 0 aliphatic rings. The number of carbonyl (C=O) groups is 2. The quantitative estimate of drug-likeness (QED) is 0.477. The zero-order chi connectivity index (χ0) is 21.1. The SMILES string of the molecule is CCOC(=O)c1ccn(-c2cccc(NC(=O)c3cc4ccc(OC)cc4[nH]3)c2)n1. The van der Waals surface area contributed by atoms with Crippen molar-refractivity contribution >= 4 is 28.5 Å². The van der Waals surface area contributed by atoms with Crippen molar-refractivity contribution in [1.29, 1.82) is 0 Å². The molecular formula is C22H20N4O4. The molecule has 0 aliphatic heterocycles. The Hall–Kier alpha value is -4.07. The molecule has 2 aromatic carbocycles. The summed E-state index contributed by atoms with van der Waals surface area (Å²) >= 11 is 0. The Morgan fingerprint density at radius 3 is 2.80 bits per heavy atom. The lowest BCUT2D eigenvalue weighted by molar-refractivity contribution is 0.0519. The molecule has 0 unspecified atom stereocenters. The van der Waals surface area contributed by atoms with Crippen LogP contribution in [0, 0.1) is 0 Å². The maximum atomic E-state index is 12.7. The van der Waals surface area contributed by atoms with E-state index in [1.165, 1.54) is 0 Å². The molecule has 30 heavy (non-hydrogen) atoms. The van der Waals surface area contributed by atoms with E-state index < -0.39 is 5.97 Å². The number of nitrogens with zero attached hydrogens (tertiary/aromatic N) is 2. The molecule has 0 radical (unpaired) electrons. The summed E-state index contributed by atoms with van der Waals surface area (Å²) in [6.07, 6.45) is 1.66. The van der Waals surface area contributed by atoms with E-state index in [-0.39, 0.29) is 18.2 Å². The Kier molecular flexibility index (Phi) is 5.21. The van der Waals surface area contributed by atoms with Gasteiger partial charge in [-0.1, -0.05) is 6.07 Å². The van der Waals surface area contributed by atoms with E-state index in [1.54, 1.807) is 55.2 Å². The first kappa shape index (κ1) is 19.3. The van der Waals surface area contributed by atoms with Crippen LogP contribution in [0.25, 0.3) is 16.6 Å². The van der Waals surface area contributed by atoms with Gasteiger partial charge >= 0.3 is 5.97 Å². The van der Waals surface area contributed by atoms with Gasteiger partial charge in [0.25, 0.3) is 5.91 Å². The Labute approximate surface area is 172 Å². The molecule has 0 saturated carbocycles. The third kappa shape index (κ3) is 3.88. The lowest BCUT2D eigenvalue weighted by Crippen LogP contribution is -2.12. The number of anilines is 1. The van der Waals surface area contributed by atoms with Gasteiger partial charge in [-0.3, -0.25) is 4.79 Å². The van der Waals surface area contributed by atoms with Crippen LogP contribution in [0.5, 0.6) is 5.75 Å². The zero-order valence-corrected chi connectivity index (χ0v) is 16.5. The topological polar surface area (TPSA) is 98.2 Å². The molecule has 4 aromatic rings. The fourth-order valence-electron chi connectivity index (χ4n) is 3.06. The van der Waals surface area contributed by atoms with Crippen molar-refractivity contribution in [2.45, 2.75) is 6.92 Å². The highest BCUT2D eigenvalue weighted by atomic mass is 16.5. The number of amides is 1. The van der Waals surface area contributed by atoms with Crippen molar-refractivity contribution in [1.82, 2.24) is 14.8 Å². The molecule has 4 rings (SSSR count). The largest absolute Gasteiger partial charge is 0.497 e. The lowest BCUT2D eigenvalue weighted by atomic mass is 10.2. The van der Waals surface area contributed by atoms with E-state index in [9.17, 15) is 9.59 Å². The number of methoxy groups -OCH3 is 1. The number of aromatic amines is 1. The van der Waals surface area contributed by atoms with Crippen LogP contribution in [0.4, 0.5) is 5.69 Å². The average Bonchev–Trinajstić information content (AvgIpc) is 3.41. The monoisotopic (exact) mass is 404 g/mol. The smallest absolute Gasteiger partial charge is 0.358 e. The normalized spacial score (nSPS) is 10.7. The van der Waals surface area contributed by atoms with Crippen LogP contribution in [0.3, 0.4) is 0 Å². The minimum absolute atomic E-state index is 0.222. The van der Waals surface area contributed by atoms with E-state index in [2.05, 4.69) is 15.4 Å². The van der Waals surface area contributed by atoms with Crippen LogP contribution in [0.2, 0.25) is 0 Å². The molecule has 0 spiro atoms. The van der Waals surface area contributed by atoms with Crippen LogP contribution >= 0.6 is 0 Å². The predicted molar refractivity (Wildman–Crippen MR) is 112 cm³/mol. The van der Waals surface area contributed by atoms with Gasteiger partial charge in [-0.05, 0) is 49.4 Å². The van der Waals surface area contributed by atoms with E-state index >= 15 is 0 Å². The molecular weight excluding hydrogens is 384 g/mol. The number of ether oxygens (including phenoxy) is 2. The van der Waals surface area contributed by atoms with Crippen molar-refractivity contribution in [2.24, 2.45) is 0 Å². The standard InChI is InChI=1S/C22H20N4O4/c1-3-30-22(28)18-9-10-26(25-18)16-6-4-5-15(12-16)23-21(27)20-11-14-7-8-17(29-2)13-19(14)24-20/h4-13,24H,3H2,1-2H3,(H,23,27). The van der Waals surface area contributed by atoms with Gasteiger partial charge < -0.3 is 19.8 Å². The van der Waals surface area contributed by atoms with Crippen LogP contribution < -0.4 is 10.1 Å². The van der Waals surface area contributed by atoms with E-state index in [4.69, 9.17) is 9.47 Å². The van der Waals surface area contributed by atoms with Crippen molar-refractivity contribution in [3.8, 4) is 11.4 Å². The van der Waals surface area contributed by atoms with Crippen molar-refractivity contribution < 1.29 is 19.1 Å². The lowest BCUT2D eigenvalue weighted by Gasteiger charge is -2.07. The summed E-state index contributed by atoms with van der Waals surface area (Å²) in [4.78, 5) is 27.6. The van der Waals surface area contributed by atoms with Crippen LogP contribution in [-0.4, -0.2) is 40.4 Å². The minimum atomic E-state index is -0.476. The first-order valence-electron chi connectivity index (χ1n) is 9.38. The zero-order valence-electron chi connectivity index (χ0n) is 16.5. The summed E-state index contributed by atoms with van der Waals surface area (Å²) < 4.78 is 11.7. The number of aromatic nitrogens is 3. The number of carbonyl (C=O) groups excluding carboxylic acids is 2. The predicted octanol–water partition coefficient (Wildman–Crippen LogP) is 3.79. The number of H-pyrrole nitrogens is 1. The second kappa shape index (κ2) is 8.12. The highest BCUT2D eigenvalue weighted by Gasteiger charge is 2.13. The molecule has 2 N–H and O–H groups in total. The maximum Gasteiger partial charge on any atom is 0.358 e.